The molecule has 0 aromatic heterocycles. The fourth-order valence-corrected chi connectivity index (χ4v) is 1.71. The number of rotatable bonds is 4. The van der Waals surface area contributed by atoms with Gasteiger partial charge in [-0.1, -0.05) is 18.2 Å². The molecule has 0 bridgehead atoms. The van der Waals surface area contributed by atoms with E-state index in [1.807, 2.05) is 0 Å². The molecule has 2 aromatic rings. The fraction of sp³-hybridized carbons (Fsp3) is 0.0714. The van der Waals surface area contributed by atoms with Crippen molar-refractivity contribution in [1.29, 1.82) is 0 Å². The van der Waals surface area contributed by atoms with Crippen molar-refractivity contribution in [3.8, 4) is 5.75 Å². The zero-order valence-corrected chi connectivity index (χ0v) is 10.2. The average Bonchev–Trinajstić information content (AvgIpc) is 2.38. The summed E-state index contributed by atoms with van der Waals surface area (Å²) in [4.78, 5) is 11.2. The number of carbonyl (C=O) groups is 1. The quantitative estimate of drug-likeness (QED) is 0.786. The van der Waals surface area contributed by atoms with Gasteiger partial charge in [0.2, 0.25) is 0 Å². The molecule has 2 aromatic carbocycles. The minimum atomic E-state index is -0.520. The summed E-state index contributed by atoms with van der Waals surface area (Å²) in [5.41, 5.74) is 1.11. The molecule has 0 radical (unpaired) electrons. The van der Waals surface area contributed by atoms with Crippen LogP contribution in [0, 0.1) is 5.82 Å². The minimum absolute atomic E-state index is 0.209. The highest BCUT2D eigenvalue weighted by atomic mass is 35.5. The summed E-state index contributed by atoms with van der Waals surface area (Å²) in [5, 5.41) is -0.520. The Bertz CT molecular complexity index is 552. The number of hydrogen-bond acceptors (Lipinski definition) is 2. The molecular formula is C14H10ClFO2. The molecule has 4 heteroatoms. The van der Waals surface area contributed by atoms with Crippen LogP contribution in [-0.2, 0) is 6.61 Å². The molecule has 0 saturated heterocycles. The Morgan fingerprint density at radius 2 is 1.78 bits per heavy atom. The largest absolute Gasteiger partial charge is 0.489 e. The zero-order chi connectivity index (χ0) is 13.0. The number of ether oxygens (including phenoxy) is 1. The van der Waals surface area contributed by atoms with Gasteiger partial charge in [0.25, 0.3) is 5.24 Å². The van der Waals surface area contributed by atoms with E-state index in [2.05, 4.69) is 0 Å². The van der Waals surface area contributed by atoms with Crippen LogP contribution >= 0.6 is 11.6 Å². The Hall–Kier alpha value is -1.87. The molecule has 0 amide bonds. The molecule has 0 aliphatic rings. The lowest BCUT2D eigenvalue weighted by molar-refractivity contribution is 0.107. The van der Waals surface area contributed by atoms with Gasteiger partial charge in [0.15, 0.2) is 0 Å². The first-order valence-corrected chi connectivity index (χ1v) is 5.71. The monoisotopic (exact) mass is 264 g/mol. The standard InChI is InChI=1S/C14H10ClFO2/c15-14(17)13-4-2-1-3-10(13)9-18-12-7-5-11(16)6-8-12/h1-8H,9H2. The summed E-state index contributed by atoms with van der Waals surface area (Å²) >= 11 is 5.47. The molecule has 2 nitrogen and oxygen atoms in total. The van der Waals surface area contributed by atoms with Crippen molar-refractivity contribution < 1.29 is 13.9 Å². The molecular weight excluding hydrogens is 255 g/mol. The first-order chi connectivity index (χ1) is 8.66. The Labute approximate surface area is 109 Å². The lowest BCUT2D eigenvalue weighted by atomic mass is 10.1. The van der Waals surface area contributed by atoms with E-state index in [4.69, 9.17) is 16.3 Å². The van der Waals surface area contributed by atoms with E-state index in [1.165, 1.54) is 24.3 Å². The zero-order valence-electron chi connectivity index (χ0n) is 9.40. The van der Waals surface area contributed by atoms with Gasteiger partial charge in [0.1, 0.15) is 18.2 Å². The van der Waals surface area contributed by atoms with E-state index in [-0.39, 0.29) is 12.4 Å². The summed E-state index contributed by atoms with van der Waals surface area (Å²) < 4.78 is 18.2. The number of hydrogen-bond donors (Lipinski definition) is 0. The summed E-state index contributed by atoms with van der Waals surface area (Å²) in [5.74, 6) is 0.215. The van der Waals surface area contributed by atoms with E-state index in [9.17, 15) is 9.18 Å². The summed E-state index contributed by atoms with van der Waals surface area (Å²) in [6, 6.07) is 12.6. The van der Waals surface area contributed by atoms with Crippen LogP contribution < -0.4 is 4.74 Å². The summed E-state index contributed by atoms with van der Waals surface area (Å²) in [6.45, 7) is 0.209. The Morgan fingerprint density at radius 1 is 1.11 bits per heavy atom. The van der Waals surface area contributed by atoms with Crippen molar-refractivity contribution in [2.24, 2.45) is 0 Å². The number of benzene rings is 2. The second-order valence-electron chi connectivity index (χ2n) is 3.67. The Morgan fingerprint density at radius 3 is 2.44 bits per heavy atom. The summed E-state index contributed by atoms with van der Waals surface area (Å²) in [7, 11) is 0. The van der Waals surface area contributed by atoms with Crippen LogP contribution in [0.3, 0.4) is 0 Å². The molecule has 0 fully saturated rings. The second kappa shape index (κ2) is 5.65. The molecule has 92 valence electrons. The lowest BCUT2D eigenvalue weighted by Gasteiger charge is -2.08. The molecule has 0 N–H and O–H groups in total. The molecule has 0 saturated carbocycles. The van der Waals surface area contributed by atoms with E-state index in [0.29, 0.717) is 16.9 Å². The predicted molar refractivity (Wildman–Crippen MR) is 67.4 cm³/mol. The highest BCUT2D eigenvalue weighted by Gasteiger charge is 2.08. The van der Waals surface area contributed by atoms with Crippen LogP contribution in [0.1, 0.15) is 15.9 Å². The molecule has 0 aliphatic heterocycles. The van der Waals surface area contributed by atoms with Crippen molar-refractivity contribution in [1.82, 2.24) is 0 Å². The Kier molecular flexibility index (Phi) is 3.95. The second-order valence-corrected chi connectivity index (χ2v) is 4.02. The van der Waals surface area contributed by atoms with E-state index in [1.54, 1.807) is 24.3 Å². The van der Waals surface area contributed by atoms with Crippen LogP contribution in [0.5, 0.6) is 5.75 Å². The van der Waals surface area contributed by atoms with Gasteiger partial charge < -0.3 is 4.74 Å². The maximum Gasteiger partial charge on any atom is 0.252 e. The van der Waals surface area contributed by atoms with Gasteiger partial charge in [-0.25, -0.2) is 4.39 Å². The highest BCUT2D eigenvalue weighted by molar-refractivity contribution is 6.67. The third kappa shape index (κ3) is 3.08. The van der Waals surface area contributed by atoms with Crippen LogP contribution in [0.25, 0.3) is 0 Å². The van der Waals surface area contributed by atoms with Gasteiger partial charge >= 0.3 is 0 Å². The molecule has 0 heterocycles. The third-order valence-corrected chi connectivity index (χ3v) is 2.64. The van der Waals surface area contributed by atoms with Crippen molar-refractivity contribution in [2.45, 2.75) is 6.61 Å². The third-order valence-electron chi connectivity index (χ3n) is 2.44. The average molecular weight is 265 g/mol. The van der Waals surface area contributed by atoms with E-state index >= 15 is 0 Å². The normalized spacial score (nSPS) is 10.1. The molecule has 0 aliphatic carbocycles. The van der Waals surface area contributed by atoms with Gasteiger partial charge in [-0.3, -0.25) is 4.79 Å². The van der Waals surface area contributed by atoms with E-state index in [0.717, 1.165) is 0 Å². The smallest absolute Gasteiger partial charge is 0.252 e. The maximum atomic E-state index is 12.7. The highest BCUT2D eigenvalue weighted by Crippen LogP contribution is 2.16. The molecule has 18 heavy (non-hydrogen) atoms. The van der Waals surface area contributed by atoms with Gasteiger partial charge in [0.05, 0.1) is 0 Å². The maximum absolute atomic E-state index is 12.7. The van der Waals surface area contributed by atoms with Crippen molar-refractivity contribution in [3.63, 3.8) is 0 Å². The SMILES string of the molecule is O=C(Cl)c1ccccc1COc1ccc(F)cc1. The van der Waals surface area contributed by atoms with Crippen molar-refractivity contribution >= 4 is 16.8 Å². The molecule has 0 atom stereocenters. The first-order valence-electron chi connectivity index (χ1n) is 5.33. The van der Waals surface area contributed by atoms with Gasteiger partial charge in [-0.2, -0.15) is 0 Å². The lowest BCUT2D eigenvalue weighted by Crippen LogP contribution is -2.02. The van der Waals surface area contributed by atoms with Crippen molar-refractivity contribution in [2.75, 3.05) is 0 Å². The Balaban J connectivity index is 2.10. The molecule has 0 unspecified atom stereocenters. The minimum Gasteiger partial charge on any atom is -0.489 e. The summed E-state index contributed by atoms with van der Waals surface area (Å²) in [6.07, 6.45) is 0. The number of halogens is 2. The fourth-order valence-electron chi connectivity index (χ4n) is 1.53. The van der Waals surface area contributed by atoms with Crippen LogP contribution in [0.2, 0.25) is 0 Å². The molecule has 2 rings (SSSR count). The van der Waals surface area contributed by atoms with Crippen LogP contribution in [-0.4, -0.2) is 5.24 Å². The van der Waals surface area contributed by atoms with Gasteiger partial charge in [-0.15, -0.1) is 0 Å². The van der Waals surface area contributed by atoms with Crippen molar-refractivity contribution in [3.05, 3.63) is 65.5 Å². The first kappa shape index (κ1) is 12.6. The van der Waals surface area contributed by atoms with Gasteiger partial charge in [0, 0.05) is 11.1 Å². The topological polar surface area (TPSA) is 26.3 Å². The number of carbonyl (C=O) groups excluding carboxylic acids is 1. The van der Waals surface area contributed by atoms with Crippen LogP contribution in [0.4, 0.5) is 4.39 Å². The van der Waals surface area contributed by atoms with E-state index < -0.39 is 5.24 Å². The molecule has 0 spiro atoms. The van der Waals surface area contributed by atoms with Gasteiger partial charge in [-0.05, 0) is 41.9 Å². The van der Waals surface area contributed by atoms with Crippen LogP contribution in [0.15, 0.2) is 48.5 Å². The predicted octanol–water partition coefficient (Wildman–Crippen LogP) is 3.78.